The highest BCUT2D eigenvalue weighted by Crippen LogP contribution is 2.37. The Bertz CT molecular complexity index is 1260. The van der Waals surface area contributed by atoms with E-state index in [1.165, 1.54) is 31.0 Å². The number of aliphatic carboxylic acids is 1. The van der Waals surface area contributed by atoms with E-state index in [2.05, 4.69) is 9.88 Å². The van der Waals surface area contributed by atoms with Gasteiger partial charge >= 0.3 is 5.97 Å². The number of nitrogens with zero attached hydrogens (tertiary/aromatic N) is 2. The molecule has 2 heterocycles. The van der Waals surface area contributed by atoms with Gasteiger partial charge in [-0.2, -0.15) is 0 Å². The number of halogens is 4. The fourth-order valence-corrected chi connectivity index (χ4v) is 6.19. The predicted octanol–water partition coefficient (Wildman–Crippen LogP) is 6.66. The van der Waals surface area contributed by atoms with Crippen LogP contribution < -0.4 is 4.74 Å². The number of likely N-dealkylation sites (tertiary alicyclic amines) is 1. The highest BCUT2D eigenvalue weighted by molar-refractivity contribution is 7.99. The number of ether oxygens (including phenoxy) is 1. The molecule has 0 saturated carbocycles. The van der Waals surface area contributed by atoms with Gasteiger partial charge in [0.25, 0.3) is 0 Å². The van der Waals surface area contributed by atoms with Crippen LogP contribution >= 0.6 is 11.8 Å². The van der Waals surface area contributed by atoms with Crippen LogP contribution in [0.5, 0.6) is 5.75 Å². The molecular weight excluding hydrogens is 520 g/mol. The van der Waals surface area contributed by atoms with Crippen LogP contribution in [0.1, 0.15) is 37.4 Å². The Hall–Kier alpha value is -2.85. The molecule has 204 valence electrons. The number of thioether (sulfide) groups is 1. The molecule has 38 heavy (non-hydrogen) atoms. The molecule has 10 heteroatoms. The molecule has 5 nitrogen and oxygen atoms in total. The molecule has 3 unspecified atom stereocenters. The average molecular weight is 551 g/mol. The molecule has 2 aromatic carbocycles. The van der Waals surface area contributed by atoms with Crippen LogP contribution in [-0.2, 0) is 4.79 Å². The van der Waals surface area contributed by atoms with Gasteiger partial charge < -0.3 is 14.7 Å². The summed E-state index contributed by atoms with van der Waals surface area (Å²) in [7, 11) is 1.48. The van der Waals surface area contributed by atoms with Crippen LogP contribution in [0.2, 0.25) is 0 Å². The summed E-state index contributed by atoms with van der Waals surface area (Å²) in [5.41, 5.74) is 0.424. The van der Waals surface area contributed by atoms with Crippen molar-refractivity contribution >= 4 is 28.6 Å². The van der Waals surface area contributed by atoms with Crippen molar-refractivity contribution < 1.29 is 32.2 Å². The monoisotopic (exact) mass is 550 g/mol. The second kappa shape index (κ2) is 12.8. The van der Waals surface area contributed by atoms with Gasteiger partial charge in [-0.3, -0.25) is 9.78 Å². The first-order chi connectivity index (χ1) is 18.2. The van der Waals surface area contributed by atoms with Gasteiger partial charge in [0.1, 0.15) is 29.4 Å². The lowest BCUT2D eigenvalue weighted by atomic mass is 9.79. The molecule has 0 bridgehead atoms. The molecule has 1 aromatic heterocycles. The number of hydrogen-bond donors (Lipinski definition) is 1. The van der Waals surface area contributed by atoms with E-state index in [-0.39, 0.29) is 30.2 Å². The highest BCUT2D eigenvalue weighted by Gasteiger charge is 2.32. The topological polar surface area (TPSA) is 62.7 Å². The molecule has 3 aromatic rings. The number of pyridine rings is 1. The first kappa shape index (κ1) is 28.2. The van der Waals surface area contributed by atoms with E-state index in [4.69, 9.17) is 4.74 Å². The molecule has 3 atom stereocenters. The highest BCUT2D eigenvalue weighted by atomic mass is 32.2. The maximum Gasteiger partial charge on any atom is 0.303 e. The number of methoxy groups -OCH3 is 1. The van der Waals surface area contributed by atoms with Gasteiger partial charge in [0.05, 0.1) is 18.8 Å². The van der Waals surface area contributed by atoms with Crippen LogP contribution in [0, 0.1) is 29.3 Å². The molecule has 1 N–H and O–H groups in total. The third-order valence-electron chi connectivity index (χ3n) is 7.10. The van der Waals surface area contributed by atoms with E-state index < -0.39 is 29.6 Å². The number of fused-ring (bicyclic) bond motifs is 1. The first-order valence-corrected chi connectivity index (χ1v) is 13.5. The Morgan fingerprint density at radius 1 is 1.18 bits per heavy atom. The Kier molecular flexibility index (Phi) is 9.49. The van der Waals surface area contributed by atoms with E-state index in [1.54, 1.807) is 18.2 Å². The number of carboxylic acid groups (broad SMARTS) is 1. The number of benzene rings is 2. The summed E-state index contributed by atoms with van der Waals surface area (Å²) in [6.07, 6.45) is 0.603. The second-order valence-corrected chi connectivity index (χ2v) is 10.8. The first-order valence-electron chi connectivity index (χ1n) is 12.5. The number of aromatic nitrogens is 1. The quantitative estimate of drug-likeness (QED) is 0.213. The second-order valence-electron chi connectivity index (χ2n) is 9.61. The maximum absolute atomic E-state index is 15.5. The summed E-state index contributed by atoms with van der Waals surface area (Å²) in [5.74, 6) is -2.00. The molecule has 1 aliphatic heterocycles. The van der Waals surface area contributed by atoms with E-state index in [0.29, 0.717) is 59.8 Å². The van der Waals surface area contributed by atoms with Gasteiger partial charge in [0.2, 0.25) is 0 Å². The Labute approximate surface area is 223 Å². The van der Waals surface area contributed by atoms with E-state index in [9.17, 15) is 23.1 Å². The molecule has 1 fully saturated rings. The summed E-state index contributed by atoms with van der Waals surface area (Å²) < 4.78 is 62.2. The Balaban J connectivity index is 1.37. The normalized spacial score (nSPS) is 19.0. The number of alkyl halides is 1. The largest absolute Gasteiger partial charge is 0.497 e. The smallest absolute Gasteiger partial charge is 0.303 e. The van der Waals surface area contributed by atoms with Gasteiger partial charge in [0.15, 0.2) is 0 Å². The molecular formula is C28H30F4N2O3S. The van der Waals surface area contributed by atoms with Gasteiger partial charge in [-0.1, -0.05) is 0 Å². The zero-order valence-corrected chi connectivity index (χ0v) is 21.8. The van der Waals surface area contributed by atoms with E-state index >= 15 is 4.39 Å². The van der Waals surface area contributed by atoms with Crippen LogP contribution in [0.25, 0.3) is 10.9 Å². The molecule has 1 saturated heterocycles. The van der Waals surface area contributed by atoms with Crippen LogP contribution in [-0.4, -0.2) is 53.5 Å². The van der Waals surface area contributed by atoms with Gasteiger partial charge in [-0.15, -0.1) is 11.8 Å². The van der Waals surface area contributed by atoms with Crippen molar-refractivity contribution in [3.8, 4) is 5.75 Å². The van der Waals surface area contributed by atoms with Gasteiger partial charge in [0, 0.05) is 47.2 Å². The fraction of sp³-hybridized carbons (Fsp3) is 0.429. The fourth-order valence-electron chi connectivity index (χ4n) is 5.22. The summed E-state index contributed by atoms with van der Waals surface area (Å²) in [4.78, 5) is 18.2. The number of rotatable bonds is 11. The van der Waals surface area contributed by atoms with Crippen molar-refractivity contribution in [3.05, 3.63) is 65.6 Å². The lowest BCUT2D eigenvalue weighted by Crippen LogP contribution is -2.42. The number of hydrogen-bond acceptors (Lipinski definition) is 5. The third-order valence-corrected chi connectivity index (χ3v) is 8.05. The van der Waals surface area contributed by atoms with Crippen molar-refractivity contribution in [2.45, 2.75) is 36.8 Å². The summed E-state index contributed by atoms with van der Waals surface area (Å²) in [6.45, 7) is 1.88. The Morgan fingerprint density at radius 2 is 1.95 bits per heavy atom. The van der Waals surface area contributed by atoms with Crippen molar-refractivity contribution in [1.82, 2.24) is 9.88 Å². The van der Waals surface area contributed by atoms with Crippen molar-refractivity contribution in [2.24, 2.45) is 11.8 Å². The van der Waals surface area contributed by atoms with Crippen molar-refractivity contribution in [2.75, 3.05) is 32.5 Å². The molecule has 0 radical (unpaired) electrons. The van der Waals surface area contributed by atoms with Crippen LogP contribution in [0.15, 0.2) is 47.5 Å². The predicted molar refractivity (Wildman–Crippen MR) is 139 cm³/mol. The summed E-state index contributed by atoms with van der Waals surface area (Å²) in [5, 5.41) is 9.84. The lowest BCUT2D eigenvalue weighted by Gasteiger charge is -2.38. The molecule has 1 aliphatic rings. The minimum absolute atomic E-state index is 0.0173. The van der Waals surface area contributed by atoms with Crippen molar-refractivity contribution in [1.29, 1.82) is 0 Å². The van der Waals surface area contributed by atoms with Crippen molar-refractivity contribution in [3.63, 3.8) is 0 Å². The van der Waals surface area contributed by atoms with Gasteiger partial charge in [-0.05, 0) is 68.0 Å². The minimum atomic E-state index is -1.57. The van der Waals surface area contributed by atoms with Crippen LogP contribution in [0.3, 0.4) is 0 Å². The molecule has 0 amide bonds. The molecule has 4 rings (SSSR count). The number of carbonyl (C=O) groups is 1. The van der Waals surface area contributed by atoms with E-state index in [0.717, 1.165) is 12.3 Å². The SMILES string of the molecule is COc1ccc2ncc(F)c(C(F)CCC3CCN(CCSc4cc(F)cc(F)c4)CC3CC(=O)O)c2c1. The average Bonchev–Trinajstić information content (AvgIpc) is 2.86. The molecule has 0 aliphatic carbocycles. The van der Waals surface area contributed by atoms with Crippen LogP contribution in [0.4, 0.5) is 17.6 Å². The number of piperidine rings is 1. The molecule has 0 spiro atoms. The maximum atomic E-state index is 15.5. The summed E-state index contributed by atoms with van der Waals surface area (Å²) >= 11 is 1.34. The van der Waals surface area contributed by atoms with E-state index in [1.807, 2.05) is 0 Å². The minimum Gasteiger partial charge on any atom is -0.497 e. The zero-order valence-electron chi connectivity index (χ0n) is 21.0. The Morgan fingerprint density at radius 3 is 2.66 bits per heavy atom. The lowest BCUT2D eigenvalue weighted by molar-refractivity contribution is -0.139. The zero-order chi connectivity index (χ0) is 27.2. The third kappa shape index (κ3) is 7.17. The summed E-state index contributed by atoms with van der Waals surface area (Å²) in [6, 6.07) is 8.32. The van der Waals surface area contributed by atoms with Gasteiger partial charge in [-0.25, -0.2) is 17.6 Å². The standard InChI is InChI=1S/C28H30F4N2O3S/c1-37-21-3-5-26-23(14-21)28(25(32)15-33-26)24(31)4-2-17-6-7-34(16-18(17)10-27(35)36)8-9-38-22-12-19(29)11-20(30)13-22/h3,5,11-15,17-18,24H,2,4,6-10,16H2,1H3,(H,35,36). The number of carboxylic acids is 1.